The van der Waals surface area contributed by atoms with Gasteiger partial charge in [-0.2, -0.15) is 0 Å². The fourth-order valence-electron chi connectivity index (χ4n) is 1.97. The fraction of sp³-hybridized carbons (Fsp3) is 0.500. The van der Waals surface area contributed by atoms with E-state index in [0.717, 1.165) is 19.4 Å². The molecule has 1 fully saturated rings. The molecule has 1 saturated heterocycles. The van der Waals surface area contributed by atoms with Crippen LogP contribution in [0.15, 0.2) is 29.2 Å². The summed E-state index contributed by atoms with van der Waals surface area (Å²) < 4.78 is 5.34. The molecule has 1 aliphatic rings. The van der Waals surface area contributed by atoms with Crippen LogP contribution in [0.3, 0.4) is 0 Å². The molecule has 0 amide bonds. The highest BCUT2D eigenvalue weighted by molar-refractivity contribution is 8.00. The monoisotopic (exact) mass is 250 g/mol. The standard InChI is InChI=1S/C14H18O2S/c1-11-4-2-6-13(8-11)17-10-14(15)12-5-3-7-16-9-12/h2,4,6,8,12H,3,5,7,9-10H2,1H3. The van der Waals surface area contributed by atoms with Gasteiger partial charge in [0.25, 0.3) is 0 Å². The van der Waals surface area contributed by atoms with Gasteiger partial charge >= 0.3 is 0 Å². The number of aryl methyl sites for hydroxylation is 1. The largest absolute Gasteiger partial charge is 0.381 e. The number of rotatable bonds is 4. The van der Waals surface area contributed by atoms with Gasteiger partial charge in [-0.05, 0) is 31.9 Å². The van der Waals surface area contributed by atoms with Crippen LogP contribution in [0.4, 0.5) is 0 Å². The van der Waals surface area contributed by atoms with Crippen molar-refractivity contribution in [2.75, 3.05) is 19.0 Å². The van der Waals surface area contributed by atoms with Crippen molar-refractivity contribution >= 4 is 17.5 Å². The van der Waals surface area contributed by atoms with Crippen molar-refractivity contribution in [3.05, 3.63) is 29.8 Å². The van der Waals surface area contributed by atoms with Gasteiger partial charge in [0.05, 0.1) is 12.4 Å². The molecular weight excluding hydrogens is 232 g/mol. The first-order valence-electron chi connectivity index (χ1n) is 6.05. The van der Waals surface area contributed by atoms with Gasteiger partial charge in [-0.25, -0.2) is 0 Å². The lowest BCUT2D eigenvalue weighted by Crippen LogP contribution is -2.26. The average Bonchev–Trinajstić information content (AvgIpc) is 2.37. The molecule has 1 aromatic rings. The predicted molar refractivity (Wildman–Crippen MR) is 70.5 cm³/mol. The summed E-state index contributed by atoms with van der Waals surface area (Å²) in [5.41, 5.74) is 1.24. The van der Waals surface area contributed by atoms with E-state index in [1.54, 1.807) is 11.8 Å². The molecule has 0 aromatic heterocycles. The van der Waals surface area contributed by atoms with Crippen LogP contribution in [0.5, 0.6) is 0 Å². The molecule has 0 bridgehead atoms. The van der Waals surface area contributed by atoms with E-state index in [1.807, 2.05) is 6.07 Å². The van der Waals surface area contributed by atoms with E-state index in [2.05, 4.69) is 25.1 Å². The van der Waals surface area contributed by atoms with Crippen molar-refractivity contribution in [2.45, 2.75) is 24.7 Å². The number of benzene rings is 1. The Morgan fingerprint density at radius 3 is 3.12 bits per heavy atom. The van der Waals surface area contributed by atoms with Crippen LogP contribution in [-0.2, 0) is 9.53 Å². The molecule has 1 heterocycles. The van der Waals surface area contributed by atoms with Gasteiger partial charge in [-0.15, -0.1) is 11.8 Å². The fourth-order valence-corrected chi connectivity index (χ4v) is 2.96. The van der Waals surface area contributed by atoms with Gasteiger partial charge in [0.15, 0.2) is 0 Å². The number of carbonyl (C=O) groups is 1. The van der Waals surface area contributed by atoms with Crippen molar-refractivity contribution < 1.29 is 9.53 Å². The highest BCUT2D eigenvalue weighted by Gasteiger charge is 2.21. The zero-order valence-electron chi connectivity index (χ0n) is 10.1. The van der Waals surface area contributed by atoms with Gasteiger partial charge < -0.3 is 4.74 Å². The minimum atomic E-state index is 0.126. The van der Waals surface area contributed by atoms with Crippen LogP contribution < -0.4 is 0 Å². The molecule has 2 nitrogen and oxygen atoms in total. The molecule has 2 rings (SSSR count). The molecule has 0 N–H and O–H groups in total. The summed E-state index contributed by atoms with van der Waals surface area (Å²) in [6.45, 7) is 3.50. The van der Waals surface area contributed by atoms with Crippen molar-refractivity contribution in [2.24, 2.45) is 5.92 Å². The van der Waals surface area contributed by atoms with Crippen LogP contribution in [0.25, 0.3) is 0 Å². The third-order valence-corrected chi connectivity index (χ3v) is 4.00. The average molecular weight is 250 g/mol. The second-order valence-electron chi connectivity index (χ2n) is 4.49. The normalized spacial score (nSPS) is 20.2. The summed E-state index contributed by atoms with van der Waals surface area (Å²) in [4.78, 5) is 13.1. The molecule has 0 saturated carbocycles. The molecule has 1 aromatic carbocycles. The molecule has 1 unspecified atom stereocenters. The predicted octanol–water partition coefficient (Wildman–Crippen LogP) is 3.08. The number of hydrogen-bond acceptors (Lipinski definition) is 3. The molecule has 0 radical (unpaired) electrons. The SMILES string of the molecule is Cc1cccc(SCC(=O)C2CCCOC2)c1. The van der Waals surface area contributed by atoms with E-state index in [1.165, 1.54) is 10.5 Å². The molecular formula is C14H18O2S. The van der Waals surface area contributed by atoms with Crippen LogP contribution in [0.1, 0.15) is 18.4 Å². The first-order chi connectivity index (χ1) is 8.25. The molecule has 0 aliphatic carbocycles. The minimum Gasteiger partial charge on any atom is -0.381 e. The number of ether oxygens (including phenoxy) is 1. The summed E-state index contributed by atoms with van der Waals surface area (Å²) in [5, 5.41) is 0. The van der Waals surface area contributed by atoms with E-state index in [0.29, 0.717) is 18.1 Å². The zero-order chi connectivity index (χ0) is 12.1. The van der Waals surface area contributed by atoms with E-state index in [4.69, 9.17) is 4.74 Å². The first-order valence-corrected chi connectivity index (χ1v) is 7.04. The third-order valence-electron chi connectivity index (χ3n) is 2.99. The van der Waals surface area contributed by atoms with Crippen LogP contribution >= 0.6 is 11.8 Å². The molecule has 17 heavy (non-hydrogen) atoms. The summed E-state index contributed by atoms with van der Waals surface area (Å²) in [7, 11) is 0. The van der Waals surface area contributed by atoms with Gasteiger partial charge in [0, 0.05) is 17.4 Å². The maximum Gasteiger partial charge on any atom is 0.148 e. The van der Waals surface area contributed by atoms with E-state index < -0.39 is 0 Å². The van der Waals surface area contributed by atoms with Crippen molar-refractivity contribution in [3.63, 3.8) is 0 Å². The van der Waals surface area contributed by atoms with Crippen LogP contribution in [0.2, 0.25) is 0 Å². The maximum atomic E-state index is 12.0. The molecule has 1 aliphatic heterocycles. The Labute approximate surface area is 107 Å². The molecule has 3 heteroatoms. The molecule has 0 spiro atoms. The number of ketones is 1. The molecule has 92 valence electrons. The number of thioether (sulfide) groups is 1. The Morgan fingerprint density at radius 1 is 1.53 bits per heavy atom. The van der Waals surface area contributed by atoms with E-state index in [-0.39, 0.29) is 5.92 Å². The van der Waals surface area contributed by atoms with Crippen molar-refractivity contribution in [1.29, 1.82) is 0 Å². The van der Waals surface area contributed by atoms with Gasteiger partial charge in [-0.3, -0.25) is 4.79 Å². The topological polar surface area (TPSA) is 26.3 Å². The lowest BCUT2D eigenvalue weighted by molar-refractivity contribution is -0.124. The maximum absolute atomic E-state index is 12.0. The highest BCUT2D eigenvalue weighted by Crippen LogP contribution is 2.22. The third kappa shape index (κ3) is 3.86. The summed E-state index contributed by atoms with van der Waals surface area (Å²) in [6.07, 6.45) is 2.01. The lowest BCUT2D eigenvalue weighted by Gasteiger charge is -2.20. The summed E-state index contributed by atoms with van der Waals surface area (Å²) in [5.74, 6) is 1.02. The second-order valence-corrected chi connectivity index (χ2v) is 5.53. The first kappa shape index (κ1) is 12.7. The Balaban J connectivity index is 1.83. The van der Waals surface area contributed by atoms with Crippen molar-refractivity contribution in [3.8, 4) is 0 Å². The minimum absolute atomic E-state index is 0.126. The zero-order valence-corrected chi connectivity index (χ0v) is 11.0. The number of carbonyl (C=O) groups excluding carboxylic acids is 1. The number of Topliss-reactive ketones (excluding diaryl/α,β-unsaturated/α-hetero) is 1. The molecule has 1 atom stereocenters. The van der Waals surface area contributed by atoms with Gasteiger partial charge in [-0.1, -0.05) is 17.7 Å². The smallest absolute Gasteiger partial charge is 0.148 e. The highest BCUT2D eigenvalue weighted by atomic mass is 32.2. The summed E-state index contributed by atoms with van der Waals surface area (Å²) >= 11 is 1.63. The Bertz CT molecular complexity index is 384. The second kappa shape index (κ2) is 6.22. The van der Waals surface area contributed by atoms with Crippen LogP contribution in [0, 0.1) is 12.8 Å². The van der Waals surface area contributed by atoms with Gasteiger partial charge in [0.2, 0.25) is 0 Å². The Kier molecular flexibility index (Phi) is 4.63. The van der Waals surface area contributed by atoms with E-state index in [9.17, 15) is 4.79 Å². The van der Waals surface area contributed by atoms with Gasteiger partial charge in [0.1, 0.15) is 5.78 Å². The lowest BCUT2D eigenvalue weighted by atomic mass is 9.99. The number of hydrogen-bond donors (Lipinski definition) is 0. The van der Waals surface area contributed by atoms with E-state index >= 15 is 0 Å². The Hall–Kier alpha value is -0.800. The van der Waals surface area contributed by atoms with Crippen LogP contribution in [-0.4, -0.2) is 24.7 Å². The quantitative estimate of drug-likeness (QED) is 0.768. The van der Waals surface area contributed by atoms with Crippen molar-refractivity contribution in [1.82, 2.24) is 0 Å². The summed E-state index contributed by atoms with van der Waals surface area (Å²) in [6, 6.07) is 8.28. The Morgan fingerprint density at radius 2 is 2.41 bits per heavy atom.